The Morgan fingerprint density at radius 2 is 1.60 bits per heavy atom. The van der Waals surface area contributed by atoms with Gasteiger partial charge in [0.05, 0.1) is 15.1 Å². The first kappa shape index (κ1) is 14.9. The van der Waals surface area contributed by atoms with E-state index >= 15 is 0 Å². The van der Waals surface area contributed by atoms with Gasteiger partial charge in [0.1, 0.15) is 0 Å². The topological polar surface area (TPSA) is 26.3 Å². The van der Waals surface area contributed by atoms with Crippen LogP contribution in [0.25, 0.3) is 6.08 Å². The van der Waals surface area contributed by atoms with Crippen LogP contribution in [-0.4, -0.2) is 5.97 Å². The minimum Gasteiger partial charge on any atom is -0.422 e. The third-order valence-electron chi connectivity index (χ3n) is 2.40. The molecule has 0 bridgehead atoms. The molecule has 0 radical (unpaired) electrons. The van der Waals surface area contributed by atoms with Crippen molar-refractivity contribution < 1.29 is 9.53 Å². The van der Waals surface area contributed by atoms with Crippen molar-refractivity contribution in [1.82, 2.24) is 0 Å². The van der Waals surface area contributed by atoms with Crippen LogP contribution >= 0.6 is 34.8 Å². The fourth-order valence-electron chi connectivity index (χ4n) is 1.45. The lowest BCUT2D eigenvalue weighted by molar-refractivity contribution is -0.128. The molecule has 0 aromatic heterocycles. The lowest BCUT2D eigenvalue weighted by atomic mass is 10.2. The second-order valence-electron chi connectivity index (χ2n) is 3.86. The van der Waals surface area contributed by atoms with Gasteiger partial charge in [0.25, 0.3) is 0 Å². The summed E-state index contributed by atoms with van der Waals surface area (Å²) in [5.41, 5.74) is 0.893. The fraction of sp³-hybridized carbons (Fsp3) is 0. The van der Waals surface area contributed by atoms with Crippen molar-refractivity contribution in [2.45, 2.75) is 0 Å². The number of esters is 1. The number of carbonyl (C=O) groups is 1. The van der Waals surface area contributed by atoms with E-state index in [9.17, 15) is 4.79 Å². The van der Waals surface area contributed by atoms with E-state index in [1.165, 1.54) is 18.2 Å². The Kier molecular flexibility index (Phi) is 5.07. The molecule has 2 aromatic carbocycles. The molecule has 2 nitrogen and oxygen atoms in total. The van der Waals surface area contributed by atoms with Crippen molar-refractivity contribution in [3.63, 3.8) is 0 Å². The van der Waals surface area contributed by atoms with Gasteiger partial charge < -0.3 is 4.74 Å². The summed E-state index contributed by atoms with van der Waals surface area (Å²) in [6, 6.07) is 12.2. The highest BCUT2D eigenvalue weighted by Gasteiger charge is 2.09. The van der Waals surface area contributed by atoms with Crippen molar-refractivity contribution in [2.24, 2.45) is 0 Å². The molecule has 2 rings (SSSR count). The highest BCUT2D eigenvalue weighted by molar-refractivity contribution is 6.43. The van der Waals surface area contributed by atoms with E-state index in [1.54, 1.807) is 6.08 Å². The van der Waals surface area contributed by atoms with Gasteiger partial charge in [0.2, 0.25) is 0 Å². The van der Waals surface area contributed by atoms with Crippen LogP contribution in [0, 0.1) is 0 Å². The van der Waals surface area contributed by atoms with Gasteiger partial charge in [-0.2, -0.15) is 0 Å². The fourth-order valence-corrected chi connectivity index (χ4v) is 2.03. The molecule has 102 valence electrons. The molecular weight excluding hydrogens is 319 g/mol. The minimum absolute atomic E-state index is 0.170. The van der Waals surface area contributed by atoms with E-state index in [0.29, 0.717) is 5.02 Å². The molecule has 0 saturated heterocycles. The van der Waals surface area contributed by atoms with Crippen molar-refractivity contribution in [2.75, 3.05) is 0 Å². The van der Waals surface area contributed by atoms with Gasteiger partial charge in [-0.25, -0.2) is 4.79 Å². The van der Waals surface area contributed by atoms with Crippen LogP contribution in [0.1, 0.15) is 5.56 Å². The van der Waals surface area contributed by atoms with Gasteiger partial charge in [0, 0.05) is 12.1 Å². The van der Waals surface area contributed by atoms with Crippen LogP contribution in [0.15, 0.2) is 48.5 Å². The number of rotatable bonds is 3. The van der Waals surface area contributed by atoms with Gasteiger partial charge in [-0.3, -0.25) is 0 Å². The molecule has 5 heteroatoms. The molecule has 0 saturated carbocycles. The zero-order valence-electron chi connectivity index (χ0n) is 10.1. The van der Waals surface area contributed by atoms with Crippen molar-refractivity contribution in [1.29, 1.82) is 0 Å². The summed E-state index contributed by atoms with van der Waals surface area (Å²) in [5, 5.41) is 0.795. The summed E-state index contributed by atoms with van der Waals surface area (Å²) in [6.07, 6.45) is 2.96. The van der Waals surface area contributed by atoms with Gasteiger partial charge in [-0.05, 0) is 17.7 Å². The highest BCUT2D eigenvalue weighted by Crippen LogP contribution is 2.33. The van der Waals surface area contributed by atoms with Gasteiger partial charge in [-0.1, -0.05) is 65.1 Å². The SMILES string of the molecule is O=C(/C=C/c1ccccc1)Oc1cc(Cl)c(Cl)cc1Cl. The van der Waals surface area contributed by atoms with E-state index in [1.807, 2.05) is 30.3 Å². The van der Waals surface area contributed by atoms with Gasteiger partial charge >= 0.3 is 5.97 Å². The average Bonchev–Trinajstić information content (AvgIpc) is 2.44. The molecule has 0 atom stereocenters. The van der Waals surface area contributed by atoms with Crippen molar-refractivity contribution in [3.05, 3.63) is 69.2 Å². The Hall–Kier alpha value is -1.48. The number of carbonyl (C=O) groups excluding carboxylic acids is 1. The van der Waals surface area contributed by atoms with Crippen molar-refractivity contribution >= 4 is 46.8 Å². The third-order valence-corrected chi connectivity index (χ3v) is 3.41. The maximum atomic E-state index is 11.7. The first-order valence-electron chi connectivity index (χ1n) is 5.66. The summed E-state index contributed by atoms with van der Waals surface area (Å²) in [5.74, 6) is -0.377. The Morgan fingerprint density at radius 1 is 0.950 bits per heavy atom. The molecule has 0 amide bonds. The first-order chi connectivity index (χ1) is 9.56. The second-order valence-corrected chi connectivity index (χ2v) is 5.08. The lowest BCUT2D eigenvalue weighted by Crippen LogP contribution is -2.04. The smallest absolute Gasteiger partial charge is 0.336 e. The molecule has 20 heavy (non-hydrogen) atoms. The summed E-state index contributed by atoms with van der Waals surface area (Å²) in [7, 11) is 0. The van der Waals surface area contributed by atoms with E-state index in [0.717, 1.165) is 5.56 Å². The molecule has 0 spiro atoms. The third kappa shape index (κ3) is 4.01. The largest absolute Gasteiger partial charge is 0.422 e. The number of hydrogen-bond donors (Lipinski definition) is 0. The predicted octanol–water partition coefficient (Wildman–Crippen LogP) is 5.27. The standard InChI is InChI=1S/C15H9Cl3O2/c16-11-8-13(18)14(9-12(11)17)20-15(19)7-6-10-4-2-1-3-5-10/h1-9H/b7-6+. The number of hydrogen-bond acceptors (Lipinski definition) is 2. The Labute approximate surface area is 131 Å². The van der Waals surface area contributed by atoms with Crippen LogP contribution < -0.4 is 4.74 Å². The molecule has 0 unspecified atom stereocenters. The summed E-state index contributed by atoms with van der Waals surface area (Å²) >= 11 is 17.6. The van der Waals surface area contributed by atoms with Crippen molar-refractivity contribution in [3.8, 4) is 5.75 Å². The van der Waals surface area contributed by atoms with Gasteiger partial charge in [0.15, 0.2) is 5.75 Å². The van der Waals surface area contributed by atoms with E-state index in [-0.39, 0.29) is 15.8 Å². The maximum absolute atomic E-state index is 11.7. The van der Waals surface area contributed by atoms with Gasteiger partial charge in [-0.15, -0.1) is 0 Å². The molecule has 0 N–H and O–H groups in total. The molecule has 0 aliphatic carbocycles. The summed E-state index contributed by atoms with van der Waals surface area (Å²) in [4.78, 5) is 11.7. The average molecular weight is 328 g/mol. The number of benzene rings is 2. The van der Waals surface area contributed by atoms with Crippen LogP contribution in [0.5, 0.6) is 5.75 Å². The predicted molar refractivity (Wildman–Crippen MR) is 82.6 cm³/mol. The van der Waals surface area contributed by atoms with E-state index in [4.69, 9.17) is 39.5 Å². The van der Waals surface area contributed by atoms with E-state index < -0.39 is 5.97 Å². The molecule has 0 aliphatic rings. The first-order valence-corrected chi connectivity index (χ1v) is 6.79. The Bertz CT molecular complexity index is 652. The van der Waals surface area contributed by atoms with E-state index in [2.05, 4.69) is 0 Å². The zero-order chi connectivity index (χ0) is 14.5. The molecule has 0 fully saturated rings. The summed E-state index contributed by atoms with van der Waals surface area (Å²) in [6.45, 7) is 0. The number of ether oxygens (including phenoxy) is 1. The van der Waals surface area contributed by atoms with Crippen LogP contribution in [0.2, 0.25) is 15.1 Å². The Morgan fingerprint density at radius 3 is 2.30 bits per heavy atom. The van der Waals surface area contributed by atoms with Crippen LogP contribution in [0.3, 0.4) is 0 Å². The highest BCUT2D eigenvalue weighted by atomic mass is 35.5. The van der Waals surface area contributed by atoms with Crippen LogP contribution in [0.4, 0.5) is 0 Å². The summed E-state index contributed by atoms with van der Waals surface area (Å²) < 4.78 is 5.10. The molecule has 0 heterocycles. The maximum Gasteiger partial charge on any atom is 0.336 e. The normalized spacial score (nSPS) is 10.8. The molecular formula is C15H9Cl3O2. The minimum atomic E-state index is -0.547. The lowest BCUT2D eigenvalue weighted by Gasteiger charge is -2.05. The zero-order valence-corrected chi connectivity index (χ0v) is 12.4. The molecule has 2 aromatic rings. The van der Waals surface area contributed by atoms with Crippen LogP contribution in [-0.2, 0) is 4.79 Å². The quantitative estimate of drug-likeness (QED) is 0.332. The molecule has 0 aliphatic heterocycles. The number of halogens is 3. The monoisotopic (exact) mass is 326 g/mol. The second kappa shape index (κ2) is 6.80. The Balaban J connectivity index is 2.09.